The number of aryl methyl sites for hydroxylation is 1. The zero-order chi connectivity index (χ0) is 18.5. The summed E-state index contributed by atoms with van der Waals surface area (Å²) in [7, 11) is 0. The second-order valence-electron chi connectivity index (χ2n) is 5.42. The molecule has 0 saturated heterocycles. The Morgan fingerprint density at radius 3 is 2.73 bits per heavy atom. The second-order valence-corrected chi connectivity index (χ2v) is 6.37. The number of aromatic amines is 1. The highest BCUT2D eigenvalue weighted by molar-refractivity contribution is 7.99. The highest BCUT2D eigenvalue weighted by Crippen LogP contribution is 2.25. The minimum Gasteiger partial charge on any atom is -0.434 e. The average Bonchev–Trinajstić information content (AvgIpc) is 3.10. The first-order valence-electron chi connectivity index (χ1n) is 7.72. The molecule has 0 saturated carbocycles. The maximum atomic E-state index is 12.5. The molecule has 1 heterocycles. The maximum Gasteiger partial charge on any atom is 0.387 e. The number of carbonyl (C=O) groups is 1. The third kappa shape index (κ3) is 4.45. The lowest BCUT2D eigenvalue weighted by Gasteiger charge is -2.10. The van der Waals surface area contributed by atoms with Gasteiger partial charge in [-0.1, -0.05) is 53.7 Å². The van der Waals surface area contributed by atoms with Gasteiger partial charge in [0.15, 0.2) is 11.6 Å². The van der Waals surface area contributed by atoms with Crippen molar-refractivity contribution in [3.63, 3.8) is 0 Å². The van der Waals surface area contributed by atoms with E-state index in [1.54, 1.807) is 13.0 Å². The molecule has 3 aromatic rings. The van der Waals surface area contributed by atoms with E-state index in [2.05, 4.69) is 19.9 Å². The van der Waals surface area contributed by atoms with E-state index >= 15 is 0 Å². The first-order chi connectivity index (χ1) is 12.5. The van der Waals surface area contributed by atoms with Crippen molar-refractivity contribution in [2.24, 2.45) is 0 Å². The van der Waals surface area contributed by atoms with Crippen molar-refractivity contribution in [2.75, 3.05) is 5.75 Å². The second kappa shape index (κ2) is 8.09. The Balaban J connectivity index is 1.70. The van der Waals surface area contributed by atoms with Crippen LogP contribution in [0.3, 0.4) is 0 Å². The molecule has 2 aromatic carbocycles. The smallest absolute Gasteiger partial charge is 0.387 e. The number of alkyl halides is 2. The number of ketones is 1. The van der Waals surface area contributed by atoms with Gasteiger partial charge in [0.05, 0.1) is 11.3 Å². The van der Waals surface area contributed by atoms with Crippen LogP contribution in [0.2, 0.25) is 0 Å². The minimum atomic E-state index is -2.99. The fourth-order valence-corrected chi connectivity index (χ4v) is 2.99. The van der Waals surface area contributed by atoms with Gasteiger partial charge in [0, 0.05) is 5.56 Å². The molecule has 0 fully saturated rings. The zero-order valence-corrected chi connectivity index (χ0v) is 14.6. The molecule has 0 aliphatic rings. The summed E-state index contributed by atoms with van der Waals surface area (Å²) in [5.41, 5.74) is 1.78. The van der Waals surface area contributed by atoms with Crippen molar-refractivity contribution in [1.29, 1.82) is 0 Å². The fourth-order valence-electron chi connectivity index (χ4n) is 2.30. The van der Waals surface area contributed by atoms with Crippen molar-refractivity contribution in [3.05, 3.63) is 59.7 Å². The number of rotatable bonds is 7. The molecule has 1 N–H and O–H groups in total. The van der Waals surface area contributed by atoms with E-state index in [0.29, 0.717) is 11.0 Å². The number of benzene rings is 2. The van der Waals surface area contributed by atoms with Crippen LogP contribution in [0.15, 0.2) is 53.7 Å². The molecule has 1 aromatic heterocycles. The number of H-pyrrole nitrogens is 1. The van der Waals surface area contributed by atoms with Crippen LogP contribution in [-0.2, 0) is 0 Å². The van der Waals surface area contributed by atoms with Gasteiger partial charge < -0.3 is 4.74 Å². The number of halogens is 2. The Kier molecular flexibility index (Phi) is 5.62. The molecule has 26 heavy (non-hydrogen) atoms. The van der Waals surface area contributed by atoms with Crippen LogP contribution in [0.4, 0.5) is 8.78 Å². The molecule has 0 amide bonds. The summed E-state index contributed by atoms with van der Waals surface area (Å²) in [6.07, 6.45) is 0. The maximum absolute atomic E-state index is 12.5. The molecular weight excluding hydrogens is 360 g/mol. The summed E-state index contributed by atoms with van der Waals surface area (Å²) < 4.78 is 29.5. The van der Waals surface area contributed by atoms with Crippen LogP contribution in [0.5, 0.6) is 5.75 Å². The quantitative estimate of drug-likeness (QED) is 0.491. The molecule has 8 heteroatoms. The van der Waals surface area contributed by atoms with Crippen LogP contribution < -0.4 is 4.74 Å². The Hall–Kier alpha value is -2.74. The Labute approximate surface area is 152 Å². The van der Waals surface area contributed by atoms with Crippen LogP contribution in [-0.4, -0.2) is 33.3 Å². The third-order valence-electron chi connectivity index (χ3n) is 3.50. The molecule has 134 valence electrons. The molecule has 0 bridgehead atoms. The highest BCUT2D eigenvalue weighted by Gasteiger charge is 2.17. The SMILES string of the molecule is Cc1ccc(OC(F)F)c(C(=O)CSc2n[nH]c(-c3ccccc3)n2)c1. The van der Waals surface area contributed by atoms with Crippen molar-refractivity contribution in [2.45, 2.75) is 18.7 Å². The van der Waals surface area contributed by atoms with Gasteiger partial charge >= 0.3 is 6.61 Å². The number of hydrogen-bond donors (Lipinski definition) is 1. The third-order valence-corrected chi connectivity index (χ3v) is 4.34. The van der Waals surface area contributed by atoms with Gasteiger partial charge in [-0.2, -0.15) is 8.78 Å². The molecule has 0 aliphatic carbocycles. The minimum absolute atomic E-state index is 0.00906. The molecule has 5 nitrogen and oxygen atoms in total. The van der Waals surface area contributed by atoms with E-state index in [-0.39, 0.29) is 22.8 Å². The highest BCUT2D eigenvalue weighted by atomic mass is 32.2. The van der Waals surface area contributed by atoms with Crippen LogP contribution in [0, 0.1) is 6.92 Å². The van der Waals surface area contributed by atoms with Gasteiger partial charge in [-0.15, -0.1) is 5.10 Å². The van der Waals surface area contributed by atoms with Crippen molar-refractivity contribution in [3.8, 4) is 17.1 Å². The van der Waals surface area contributed by atoms with Crippen LogP contribution in [0.25, 0.3) is 11.4 Å². The van der Waals surface area contributed by atoms with Gasteiger partial charge in [0.1, 0.15) is 5.75 Å². The predicted molar refractivity (Wildman–Crippen MR) is 94.7 cm³/mol. The number of nitrogens with one attached hydrogen (secondary N) is 1. The monoisotopic (exact) mass is 375 g/mol. The van der Waals surface area contributed by atoms with Gasteiger partial charge in [-0.05, 0) is 19.1 Å². The molecule has 0 aliphatic heterocycles. The van der Waals surface area contributed by atoms with Crippen molar-refractivity contribution < 1.29 is 18.3 Å². The standard InChI is InChI=1S/C18H15F2N3O2S/c1-11-7-8-15(25-17(19)20)13(9-11)14(24)10-26-18-21-16(22-23-18)12-5-3-2-4-6-12/h2-9,17H,10H2,1H3,(H,21,22,23). The predicted octanol–water partition coefficient (Wildman–Crippen LogP) is 4.36. The molecule has 0 unspecified atom stereocenters. The van der Waals surface area contributed by atoms with E-state index < -0.39 is 6.61 Å². The lowest BCUT2D eigenvalue weighted by molar-refractivity contribution is -0.0501. The molecule has 0 atom stereocenters. The number of thioether (sulfide) groups is 1. The molecule has 3 rings (SSSR count). The van der Waals surface area contributed by atoms with Crippen molar-refractivity contribution >= 4 is 17.5 Å². The summed E-state index contributed by atoms with van der Waals surface area (Å²) in [4.78, 5) is 16.8. The zero-order valence-electron chi connectivity index (χ0n) is 13.8. The number of Topliss-reactive ketones (excluding diaryl/α,β-unsaturated/α-hetero) is 1. The summed E-state index contributed by atoms with van der Waals surface area (Å²) in [5.74, 6) is 0.143. The number of aromatic nitrogens is 3. The summed E-state index contributed by atoms with van der Waals surface area (Å²) >= 11 is 1.13. The summed E-state index contributed by atoms with van der Waals surface area (Å²) in [6.45, 7) is -1.21. The first kappa shape index (κ1) is 18.1. The van der Waals surface area contributed by atoms with Crippen molar-refractivity contribution in [1.82, 2.24) is 15.2 Å². The van der Waals surface area contributed by atoms with E-state index in [1.807, 2.05) is 30.3 Å². The van der Waals surface area contributed by atoms with E-state index in [9.17, 15) is 13.6 Å². The summed E-state index contributed by atoms with van der Waals surface area (Å²) in [6, 6.07) is 14.0. The van der Waals surface area contributed by atoms with Gasteiger partial charge in [-0.25, -0.2) is 4.98 Å². The fraction of sp³-hybridized carbons (Fsp3) is 0.167. The lowest BCUT2D eigenvalue weighted by Crippen LogP contribution is -2.10. The largest absolute Gasteiger partial charge is 0.434 e. The first-order valence-corrected chi connectivity index (χ1v) is 8.71. The van der Waals surface area contributed by atoms with Gasteiger partial charge in [-0.3, -0.25) is 9.89 Å². The Bertz CT molecular complexity index is 900. The van der Waals surface area contributed by atoms with E-state index in [0.717, 1.165) is 22.9 Å². The molecular formula is C18H15F2N3O2S. The van der Waals surface area contributed by atoms with Gasteiger partial charge in [0.2, 0.25) is 5.16 Å². The Morgan fingerprint density at radius 2 is 2.00 bits per heavy atom. The summed E-state index contributed by atoms with van der Waals surface area (Å²) in [5, 5.41) is 7.29. The lowest BCUT2D eigenvalue weighted by atomic mass is 10.1. The normalized spacial score (nSPS) is 10.9. The average molecular weight is 375 g/mol. The molecule has 0 spiro atoms. The number of ether oxygens (including phenoxy) is 1. The number of carbonyl (C=O) groups excluding carboxylic acids is 1. The number of hydrogen-bond acceptors (Lipinski definition) is 5. The Morgan fingerprint density at radius 1 is 1.23 bits per heavy atom. The van der Waals surface area contributed by atoms with E-state index in [4.69, 9.17) is 0 Å². The topological polar surface area (TPSA) is 67.9 Å². The molecule has 0 radical (unpaired) electrons. The van der Waals surface area contributed by atoms with Crippen LogP contribution >= 0.6 is 11.8 Å². The number of nitrogens with zero attached hydrogens (tertiary/aromatic N) is 2. The van der Waals surface area contributed by atoms with Crippen LogP contribution in [0.1, 0.15) is 15.9 Å². The van der Waals surface area contributed by atoms with Gasteiger partial charge in [0.25, 0.3) is 0 Å². The van der Waals surface area contributed by atoms with E-state index in [1.165, 1.54) is 12.1 Å².